The van der Waals surface area contributed by atoms with Crippen molar-refractivity contribution >= 4 is 21.7 Å². The maximum Gasteiger partial charge on any atom is 0.166 e. The Balaban J connectivity index is 2.16. The lowest BCUT2D eigenvalue weighted by atomic mass is 9.81. The molecule has 0 atom stereocenters. The van der Waals surface area contributed by atoms with Crippen LogP contribution in [0, 0.1) is 5.92 Å². The minimum absolute atomic E-state index is 0.197. The number of ether oxygens (including phenoxy) is 1. The molecule has 0 aromatic heterocycles. The first-order valence-corrected chi connectivity index (χ1v) is 6.36. The Kier molecular flexibility index (Phi) is 3.64. The number of carbonyl (C=O) groups is 1. The van der Waals surface area contributed by atoms with Crippen LogP contribution in [-0.2, 0) is 0 Å². The zero-order chi connectivity index (χ0) is 11.5. The van der Waals surface area contributed by atoms with E-state index in [4.69, 9.17) is 4.74 Å². The smallest absolute Gasteiger partial charge is 0.166 e. The molecule has 0 heterocycles. The Morgan fingerprint density at radius 3 is 2.81 bits per heavy atom. The van der Waals surface area contributed by atoms with Crippen molar-refractivity contribution in [2.45, 2.75) is 25.7 Å². The number of ketones is 1. The minimum atomic E-state index is 0.197. The SMILES string of the molecule is COc1ccc(Br)cc1C(=O)CC1CCC1. The largest absolute Gasteiger partial charge is 0.496 e. The highest BCUT2D eigenvalue weighted by Crippen LogP contribution is 2.32. The van der Waals surface area contributed by atoms with E-state index in [0.717, 1.165) is 4.47 Å². The van der Waals surface area contributed by atoms with Crippen LogP contribution in [0.4, 0.5) is 0 Å². The zero-order valence-electron chi connectivity index (χ0n) is 9.33. The normalized spacial score (nSPS) is 15.6. The molecule has 0 saturated heterocycles. The zero-order valence-corrected chi connectivity index (χ0v) is 10.9. The van der Waals surface area contributed by atoms with Gasteiger partial charge >= 0.3 is 0 Å². The number of halogens is 1. The molecule has 0 spiro atoms. The Morgan fingerprint density at radius 2 is 2.25 bits per heavy atom. The third-order valence-electron chi connectivity index (χ3n) is 3.16. The van der Waals surface area contributed by atoms with E-state index in [1.165, 1.54) is 19.3 Å². The third kappa shape index (κ3) is 2.46. The van der Waals surface area contributed by atoms with Crippen LogP contribution in [-0.4, -0.2) is 12.9 Å². The fourth-order valence-electron chi connectivity index (χ4n) is 1.97. The standard InChI is InChI=1S/C13H15BrO2/c1-16-13-6-5-10(14)8-11(13)12(15)7-9-3-2-4-9/h5-6,8-9H,2-4,7H2,1H3. The van der Waals surface area contributed by atoms with E-state index >= 15 is 0 Å². The topological polar surface area (TPSA) is 26.3 Å². The number of rotatable bonds is 4. The predicted octanol–water partition coefficient (Wildman–Crippen LogP) is 3.83. The first-order valence-electron chi connectivity index (χ1n) is 5.57. The number of hydrogen-bond acceptors (Lipinski definition) is 2. The molecule has 0 amide bonds. The van der Waals surface area contributed by atoms with Crippen molar-refractivity contribution in [3.05, 3.63) is 28.2 Å². The predicted molar refractivity (Wildman–Crippen MR) is 67.0 cm³/mol. The molecule has 2 nitrogen and oxygen atoms in total. The van der Waals surface area contributed by atoms with E-state index in [1.54, 1.807) is 7.11 Å². The molecule has 1 saturated carbocycles. The first kappa shape index (κ1) is 11.6. The summed E-state index contributed by atoms with van der Waals surface area (Å²) in [5.41, 5.74) is 0.698. The summed E-state index contributed by atoms with van der Waals surface area (Å²) in [5.74, 6) is 1.46. The molecule has 1 aliphatic carbocycles. The Labute approximate surface area is 104 Å². The van der Waals surface area contributed by atoms with Gasteiger partial charge in [-0.05, 0) is 24.1 Å². The van der Waals surface area contributed by atoms with Gasteiger partial charge in [-0.2, -0.15) is 0 Å². The van der Waals surface area contributed by atoms with Gasteiger partial charge in [-0.1, -0.05) is 35.2 Å². The fraction of sp³-hybridized carbons (Fsp3) is 0.462. The molecule has 3 heteroatoms. The quantitative estimate of drug-likeness (QED) is 0.785. The van der Waals surface area contributed by atoms with Crippen molar-refractivity contribution in [2.75, 3.05) is 7.11 Å². The van der Waals surface area contributed by atoms with Gasteiger partial charge in [0.05, 0.1) is 12.7 Å². The molecule has 1 fully saturated rings. The van der Waals surface area contributed by atoms with E-state index in [0.29, 0.717) is 23.7 Å². The maximum atomic E-state index is 12.1. The summed E-state index contributed by atoms with van der Waals surface area (Å²) in [4.78, 5) is 12.1. The van der Waals surface area contributed by atoms with E-state index in [9.17, 15) is 4.79 Å². The summed E-state index contributed by atoms with van der Waals surface area (Å²) in [6.45, 7) is 0. The fourth-order valence-corrected chi connectivity index (χ4v) is 2.33. The Hall–Kier alpha value is -0.830. The van der Waals surface area contributed by atoms with Gasteiger partial charge in [-0.3, -0.25) is 4.79 Å². The maximum absolute atomic E-state index is 12.1. The van der Waals surface area contributed by atoms with E-state index < -0.39 is 0 Å². The average Bonchev–Trinajstić information content (AvgIpc) is 2.23. The third-order valence-corrected chi connectivity index (χ3v) is 3.65. The molecule has 1 aromatic rings. The van der Waals surface area contributed by atoms with Crippen LogP contribution in [0.3, 0.4) is 0 Å². The van der Waals surface area contributed by atoms with Gasteiger partial charge in [0.2, 0.25) is 0 Å². The van der Waals surface area contributed by atoms with Crippen molar-refractivity contribution in [1.29, 1.82) is 0 Å². The number of carbonyl (C=O) groups excluding carboxylic acids is 1. The number of benzene rings is 1. The molecular formula is C13H15BrO2. The van der Waals surface area contributed by atoms with Gasteiger partial charge < -0.3 is 4.74 Å². The van der Waals surface area contributed by atoms with Crippen molar-refractivity contribution in [1.82, 2.24) is 0 Å². The van der Waals surface area contributed by atoms with Crippen LogP contribution in [0.15, 0.2) is 22.7 Å². The number of hydrogen-bond donors (Lipinski definition) is 0. The first-order chi connectivity index (χ1) is 7.70. The van der Waals surface area contributed by atoms with Crippen molar-refractivity contribution in [3.63, 3.8) is 0 Å². The van der Waals surface area contributed by atoms with E-state index in [2.05, 4.69) is 15.9 Å². The van der Waals surface area contributed by atoms with Gasteiger partial charge in [0.1, 0.15) is 5.75 Å². The van der Waals surface area contributed by atoms with E-state index in [-0.39, 0.29) is 5.78 Å². The molecule has 0 aliphatic heterocycles. The van der Waals surface area contributed by atoms with Gasteiger partial charge in [-0.25, -0.2) is 0 Å². The van der Waals surface area contributed by atoms with E-state index in [1.807, 2.05) is 18.2 Å². The summed E-state index contributed by atoms with van der Waals surface area (Å²) < 4.78 is 6.13. The monoisotopic (exact) mass is 282 g/mol. The van der Waals surface area contributed by atoms with Gasteiger partial charge in [0.15, 0.2) is 5.78 Å². The summed E-state index contributed by atoms with van der Waals surface area (Å²) in [5, 5.41) is 0. The number of methoxy groups -OCH3 is 1. The molecule has 86 valence electrons. The molecule has 2 rings (SSSR count). The lowest BCUT2D eigenvalue weighted by Crippen LogP contribution is -2.16. The van der Waals surface area contributed by atoms with Gasteiger partial charge in [0, 0.05) is 10.9 Å². The summed E-state index contributed by atoms with van der Waals surface area (Å²) in [6, 6.07) is 5.57. The highest BCUT2D eigenvalue weighted by Gasteiger charge is 2.23. The lowest BCUT2D eigenvalue weighted by Gasteiger charge is -2.24. The van der Waals surface area contributed by atoms with Crippen LogP contribution < -0.4 is 4.74 Å². The van der Waals surface area contributed by atoms with Gasteiger partial charge in [0.25, 0.3) is 0 Å². The second-order valence-electron chi connectivity index (χ2n) is 4.27. The average molecular weight is 283 g/mol. The van der Waals surface area contributed by atoms with Crippen molar-refractivity contribution < 1.29 is 9.53 Å². The molecule has 0 radical (unpaired) electrons. The Morgan fingerprint density at radius 1 is 1.50 bits per heavy atom. The molecule has 1 aromatic carbocycles. The van der Waals surface area contributed by atoms with Crippen LogP contribution in [0.5, 0.6) is 5.75 Å². The lowest BCUT2D eigenvalue weighted by molar-refractivity contribution is 0.0933. The highest BCUT2D eigenvalue weighted by atomic mass is 79.9. The Bertz CT molecular complexity index is 397. The minimum Gasteiger partial charge on any atom is -0.496 e. The summed E-state index contributed by atoms with van der Waals surface area (Å²) in [6.07, 6.45) is 4.32. The second kappa shape index (κ2) is 5.00. The molecule has 16 heavy (non-hydrogen) atoms. The summed E-state index contributed by atoms with van der Waals surface area (Å²) in [7, 11) is 1.60. The van der Waals surface area contributed by atoms with Crippen LogP contribution in [0.2, 0.25) is 0 Å². The van der Waals surface area contributed by atoms with Crippen molar-refractivity contribution in [2.24, 2.45) is 5.92 Å². The molecule has 0 bridgehead atoms. The molecule has 0 unspecified atom stereocenters. The van der Waals surface area contributed by atoms with Crippen LogP contribution in [0.25, 0.3) is 0 Å². The van der Waals surface area contributed by atoms with Gasteiger partial charge in [-0.15, -0.1) is 0 Å². The molecular weight excluding hydrogens is 268 g/mol. The molecule has 1 aliphatic rings. The number of Topliss-reactive ketones (excluding diaryl/α,β-unsaturated/α-hetero) is 1. The summed E-state index contributed by atoms with van der Waals surface area (Å²) >= 11 is 3.38. The highest BCUT2D eigenvalue weighted by molar-refractivity contribution is 9.10. The van der Waals surface area contributed by atoms with Crippen molar-refractivity contribution in [3.8, 4) is 5.75 Å². The second-order valence-corrected chi connectivity index (χ2v) is 5.18. The van der Waals surface area contributed by atoms with Crippen LogP contribution >= 0.6 is 15.9 Å². The van der Waals surface area contributed by atoms with Crippen LogP contribution in [0.1, 0.15) is 36.0 Å². The molecule has 0 N–H and O–H groups in total.